The largest absolute Gasteiger partial charge is 0.489 e. The van der Waals surface area contributed by atoms with E-state index in [0.717, 1.165) is 17.5 Å². The van der Waals surface area contributed by atoms with Crippen LogP contribution in [-0.2, 0) is 21.2 Å². The molecule has 0 atom stereocenters. The van der Waals surface area contributed by atoms with Crippen LogP contribution in [0.1, 0.15) is 61.8 Å². The van der Waals surface area contributed by atoms with Gasteiger partial charge in [0.05, 0.1) is 9.79 Å². The van der Waals surface area contributed by atoms with Crippen LogP contribution in [-0.4, -0.2) is 14.3 Å². The summed E-state index contributed by atoms with van der Waals surface area (Å²) in [5, 5.41) is 2.85. The van der Waals surface area contributed by atoms with E-state index in [0.29, 0.717) is 35.6 Å². The Morgan fingerprint density at radius 1 is 0.971 bits per heavy atom. The van der Waals surface area contributed by atoms with E-state index in [1.165, 1.54) is 0 Å². The van der Waals surface area contributed by atoms with Crippen LogP contribution in [0.4, 0.5) is 5.69 Å². The van der Waals surface area contributed by atoms with Crippen molar-refractivity contribution in [3.63, 3.8) is 0 Å². The minimum atomic E-state index is -3.76. The number of ether oxygens (including phenoxy) is 1. The highest BCUT2D eigenvalue weighted by Gasteiger charge is 2.25. The van der Waals surface area contributed by atoms with Crippen LogP contribution in [0.25, 0.3) is 0 Å². The number of amides is 1. The molecule has 3 aromatic carbocycles. The second-order valence-corrected chi connectivity index (χ2v) is 10.8. The summed E-state index contributed by atoms with van der Waals surface area (Å²) in [6.45, 7) is 9.91. The van der Waals surface area contributed by atoms with Crippen molar-refractivity contribution in [3.8, 4) is 5.75 Å². The second kappa shape index (κ2) is 10.9. The van der Waals surface area contributed by atoms with E-state index < -0.39 is 9.84 Å². The van der Waals surface area contributed by atoms with Gasteiger partial charge in [-0.3, -0.25) is 4.79 Å². The Kier molecular flexibility index (Phi) is 8.15. The molecule has 3 aromatic rings. The molecule has 5 nitrogen and oxygen atoms in total. The first-order chi connectivity index (χ1) is 16.1. The molecule has 0 saturated heterocycles. The zero-order valence-corrected chi connectivity index (χ0v) is 21.3. The molecule has 0 fully saturated rings. The molecule has 1 amide bonds. The van der Waals surface area contributed by atoms with E-state index in [1.807, 2.05) is 51.1 Å². The molecule has 0 spiro atoms. The van der Waals surface area contributed by atoms with Crippen molar-refractivity contribution in [2.24, 2.45) is 0 Å². The van der Waals surface area contributed by atoms with Crippen molar-refractivity contribution in [1.29, 1.82) is 0 Å². The average Bonchev–Trinajstić information content (AvgIpc) is 2.77. The Morgan fingerprint density at radius 3 is 2.21 bits per heavy atom. The average molecular weight is 480 g/mol. The van der Waals surface area contributed by atoms with Gasteiger partial charge in [-0.25, -0.2) is 8.42 Å². The minimum Gasteiger partial charge on any atom is -0.489 e. The lowest BCUT2D eigenvalue weighted by Crippen LogP contribution is -2.13. The van der Waals surface area contributed by atoms with Gasteiger partial charge in [0, 0.05) is 12.1 Å². The maximum absolute atomic E-state index is 13.6. The van der Waals surface area contributed by atoms with Crippen molar-refractivity contribution in [2.45, 2.75) is 69.8 Å². The first-order valence-corrected chi connectivity index (χ1v) is 13.1. The highest BCUT2D eigenvalue weighted by molar-refractivity contribution is 7.91. The summed E-state index contributed by atoms with van der Waals surface area (Å²) in [5.41, 5.74) is 3.70. The monoisotopic (exact) mass is 479 g/mol. The molecule has 180 valence electrons. The summed E-state index contributed by atoms with van der Waals surface area (Å²) < 4.78 is 33.3. The van der Waals surface area contributed by atoms with Gasteiger partial charge in [-0.15, -0.1) is 0 Å². The van der Waals surface area contributed by atoms with Gasteiger partial charge < -0.3 is 10.1 Å². The number of aryl methyl sites for hydroxylation is 2. The molecule has 6 heteroatoms. The Bertz CT molecular complexity index is 1240. The first-order valence-electron chi connectivity index (χ1n) is 11.6. The van der Waals surface area contributed by atoms with Gasteiger partial charge in [0.25, 0.3) is 0 Å². The summed E-state index contributed by atoms with van der Waals surface area (Å²) in [7, 11) is -3.76. The standard InChI is InChI=1S/C28H33NO4S/c1-6-10-27(30)29-23-15-20(4)28(21(5)16-23)34(31,32)24-13-14-26(25(17-24)19(2)3)33-18-22-11-8-7-9-12-22/h7-9,11-17,19H,6,10,18H2,1-5H3,(H,29,30). The highest BCUT2D eigenvalue weighted by atomic mass is 32.2. The molecule has 0 aliphatic rings. The number of carbonyl (C=O) groups is 1. The predicted octanol–water partition coefficient (Wildman–Crippen LogP) is 6.58. The Morgan fingerprint density at radius 2 is 1.62 bits per heavy atom. The SMILES string of the molecule is CCCC(=O)Nc1cc(C)c(S(=O)(=O)c2ccc(OCc3ccccc3)c(C(C)C)c2)c(C)c1. The quantitative estimate of drug-likeness (QED) is 0.376. The second-order valence-electron chi connectivity index (χ2n) is 8.87. The van der Waals surface area contributed by atoms with Gasteiger partial charge in [0.2, 0.25) is 15.7 Å². The zero-order chi connectivity index (χ0) is 24.9. The molecule has 0 bridgehead atoms. The Labute approximate surface area is 203 Å². The van der Waals surface area contributed by atoms with Gasteiger partial charge in [-0.05, 0) is 78.8 Å². The van der Waals surface area contributed by atoms with Gasteiger partial charge in [0.1, 0.15) is 12.4 Å². The summed E-state index contributed by atoms with van der Waals surface area (Å²) in [6.07, 6.45) is 1.17. The molecule has 0 saturated carbocycles. The summed E-state index contributed by atoms with van der Waals surface area (Å²) >= 11 is 0. The van der Waals surface area contributed by atoms with Crippen molar-refractivity contribution < 1.29 is 17.9 Å². The molecule has 0 heterocycles. The molecule has 0 aromatic heterocycles. The number of sulfone groups is 1. The van der Waals surface area contributed by atoms with Crippen LogP contribution in [0.2, 0.25) is 0 Å². The third kappa shape index (κ3) is 5.86. The number of benzene rings is 3. The number of hydrogen-bond acceptors (Lipinski definition) is 4. The van der Waals surface area contributed by atoms with Crippen molar-refractivity contribution in [3.05, 3.63) is 82.9 Å². The fourth-order valence-electron chi connectivity index (χ4n) is 4.03. The molecular weight excluding hydrogens is 446 g/mol. The highest BCUT2D eigenvalue weighted by Crippen LogP contribution is 2.34. The van der Waals surface area contributed by atoms with E-state index in [1.54, 1.807) is 44.2 Å². The molecule has 0 aliphatic heterocycles. The molecule has 1 N–H and O–H groups in total. The van der Waals surface area contributed by atoms with Crippen LogP contribution in [0.3, 0.4) is 0 Å². The Hall–Kier alpha value is -3.12. The normalized spacial score (nSPS) is 11.5. The third-order valence-corrected chi connectivity index (χ3v) is 7.70. The number of anilines is 1. The molecule has 34 heavy (non-hydrogen) atoms. The predicted molar refractivity (Wildman–Crippen MR) is 136 cm³/mol. The van der Waals surface area contributed by atoms with Crippen LogP contribution < -0.4 is 10.1 Å². The number of hydrogen-bond donors (Lipinski definition) is 1. The van der Waals surface area contributed by atoms with E-state index in [4.69, 9.17) is 4.74 Å². The van der Waals surface area contributed by atoms with Gasteiger partial charge in [0.15, 0.2) is 0 Å². The lowest BCUT2D eigenvalue weighted by molar-refractivity contribution is -0.116. The van der Waals surface area contributed by atoms with E-state index in [9.17, 15) is 13.2 Å². The van der Waals surface area contributed by atoms with Gasteiger partial charge >= 0.3 is 0 Å². The van der Waals surface area contributed by atoms with Crippen LogP contribution >= 0.6 is 0 Å². The molecule has 0 aliphatic carbocycles. The maximum atomic E-state index is 13.6. The first kappa shape index (κ1) is 25.5. The molecule has 0 radical (unpaired) electrons. The number of nitrogens with one attached hydrogen (secondary N) is 1. The van der Waals surface area contributed by atoms with Gasteiger partial charge in [-0.1, -0.05) is 51.1 Å². The summed E-state index contributed by atoms with van der Waals surface area (Å²) in [5.74, 6) is 0.684. The van der Waals surface area contributed by atoms with Gasteiger partial charge in [-0.2, -0.15) is 0 Å². The topological polar surface area (TPSA) is 72.5 Å². The van der Waals surface area contributed by atoms with Crippen LogP contribution in [0.5, 0.6) is 5.75 Å². The fraction of sp³-hybridized carbons (Fsp3) is 0.321. The van der Waals surface area contributed by atoms with E-state index in [2.05, 4.69) is 5.32 Å². The van der Waals surface area contributed by atoms with Crippen LogP contribution in [0.15, 0.2) is 70.5 Å². The lowest BCUT2D eigenvalue weighted by atomic mass is 10.0. The van der Waals surface area contributed by atoms with Crippen molar-refractivity contribution in [2.75, 3.05) is 5.32 Å². The smallest absolute Gasteiger partial charge is 0.224 e. The minimum absolute atomic E-state index is 0.0791. The maximum Gasteiger partial charge on any atom is 0.224 e. The number of carbonyl (C=O) groups excluding carboxylic acids is 1. The summed E-state index contributed by atoms with van der Waals surface area (Å²) in [4.78, 5) is 12.5. The van der Waals surface area contributed by atoms with Crippen molar-refractivity contribution >= 4 is 21.4 Å². The van der Waals surface area contributed by atoms with Crippen LogP contribution in [0, 0.1) is 13.8 Å². The van der Waals surface area contributed by atoms with E-state index in [-0.39, 0.29) is 21.6 Å². The zero-order valence-electron chi connectivity index (χ0n) is 20.5. The molecule has 0 unspecified atom stereocenters. The fourth-order valence-corrected chi connectivity index (χ4v) is 5.76. The van der Waals surface area contributed by atoms with Crippen molar-refractivity contribution in [1.82, 2.24) is 0 Å². The molecular formula is C28H33NO4S. The summed E-state index contributed by atoms with van der Waals surface area (Å²) in [6, 6.07) is 18.4. The Balaban J connectivity index is 1.94. The van der Waals surface area contributed by atoms with E-state index >= 15 is 0 Å². The number of rotatable bonds is 9. The third-order valence-electron chi connectivity index (χ3n) is 5.64. The molecule has 3 rings (SSSR count). The lowest BCUT2D eigenvalue weighted by Gasteiger charge is -2.18.